The Morgan fingerprint density at radius 1 is 0.526 bits per heavy atom. The van der Waals surface area contributed by atoms with Crippen LogP contribution in [0.15, 0.2) is 25.3 Å². The lowest BCUT2D eigenvalue weighted by Gasteiger charge is -2.07. The Bertz CT molecular complexity index is 176. The van der Waals surface area contributed by atoms with E-state index >= 15 is 0 Å². The molecule has 0 aromatic rings. The lowest BCUT2D eigenvalue weighted by atomic mass is 10.5. The Labute approximate surface area is 116 Å². The summed E-state index contributed by atoms with van der Waals surface area (Å²) in [5.41, 5.74) is 0. The third kappa shape index (κ3) is 17.3. The van der Waals surface area contributed by atoms with Gasteiger partial charge in [0.1, 0.15) is 13.6 Å². The highest BCUT2D eigenvalue weighted by atomic mass is 16.7. The standard InChI is InChI=1S/C14H26O5/c1-3-5-7-15-9-11-17-13-19-14-18-12-10-16-8-6-4-2/h3-4H,1-2,5-14H2. The van der Waals surface area contributed by atoms with Crippen LogP contribution >= 0.6 is 0 Å². The van der Waals surface area contributed by atoms with Crippen molar-refractivity contribution in [3.05, 3.63) is 25.3 Å². The second-order valence-corrected chi connectivity index (χ2v) is 3.64. The fourth-order valence-electron chi connectivity index (χ4n) is 1.04. The van der Waals surface area contributed by atoms with E-state index < -0.39 is 0 Å². The number of hydrogen-bond donors (Lipinski definition) is 0. The number of hydrogen-bond acceptors (Lipinski definition) is 5. The molecule has 0 rings (SSSR count). The van der Waals surface area contributed by atoms with Crippen LogP contribution in [0, 0.1) is 0 Å². The average molecular weight is 274 g/mol. The molecule has 112 valence electrons. The van der Waals surface area contributed by atoms with E-state index in [1.807, 2.05) is 12.2 Å². The van der Waals surface area contributed by atoms with Crippen LogP contribution in [0.4, 0.5) is 0 Å². The molecule has 0 aromatic heterocycles. The summed E-state index contributed by atoms with van der Waals surface area (Å²) in [6.07, 6.45) is 5.36. The summed E-state index contributed by atoms with van der Waals surface area (Å²) in [5.74, 6) is 0. The van der Waals surface area contributed by atoms with Crippen LogP contribution in [0.25, 0.3) is 0 Å². The van der Waals surface area contributed by atoms with Gasteiger partial charge >= 0.3 is 0 Å². The molecular formula is C14H26O5. The van der Waals surface area contributed by atoms with Gasteiger partial charge in [0, 0.05) is 0 Å². The van der Waals surface area contributed by atoms with Gasteiger partial charge in [0.15, 0.2) is 0 Å². The lowest BCUT2D eigenvalue weighted by molar-refractivity contribution is -0.141. The Morgan fingerprint density at radius 2 is 0.947 bits per heavy atom. The molecule has 0 aliphatic heterocycles. The van der Waals surface area contributed by atoms with Gasteiger partial charge in [-0.15, -0.1) is 13.2 Å². The van der Waals surface area contributed by atoms with Gasteiger partial charge in [-0.05, 0) is 12.8 Å². The summed E-state index contributed by atoms with van der Waals surface area (Å²) in [7, 11) is 0. The maximum atomic E-state index is 5.26. The van der Waals surface area contributed by atoms with Crippen molar-refractivity contribution in [3.63, 3.8) is 0 Å². The van der Waals surface area contributed by atoms with E-state index in [-0.39, 0.29) is 13.6 Å². The van der Waals surface area contributed by atoms with Gasteiger partial charge in [-0.3, -0.25) is 0 Å². The van der Waals surface area contributed by atoms with Gasteiger partial charge in [-0.2, -0.15) is 0 Å². The minimum atomic E-state index is 0.210. The number of rotatable bonds is 16. The van der Waals surface area contributed by atoms with E-state index in [1.54, 1.807) is 0 Å². The minimum absolute atomic E-state index is 0.210. The van der Waals surface area contributed by atoms with Crippen LogP contribution in [0.1, 0.15) is 12.8 Å². The molecule has 0 aliphatic rings. The van der Waals surface area contributed by atoms with Crippen LogP contribution in [-0.4, -0.2) is 53.2 Å². The van der Waals surface area contributed by atoms with Crippen LogP contribution in [0.2, 0.25) is 0 Å². The first kappa shape index (κ1) is 18.3. The number of ether oxygens (including phenoxy) is 5. The molecule has 0 aliphatic carbocycles. The molecule has 5 nitrogen and oxygen atoms in total. The van der Waals surface area contributed by atoms with Gasteiger partial charge in [-0.1, -0.05) is 12.2 Å². The molecule has 0 N–H and O–H groups in total. The minimum Gasteiger partial charge on any atom is -0.379 e. The Hall–Kier alpha value is -0.720. The Kier molecular flexibility index (Phi) is 16.6. The maximum absolute atomic E-state index is 5.26. The largest absolute Gasteiger partial charge is 0.379 e. The second kappa shape index (κ2) is 17.3. The molecule has 0 spiro atoms. The van der Waals surface area contributed by atoms with Crippen LogP contribution in [0.5, 0.6) is 0 Å². The predicted octanol–water partition coefficient (Wildman–Crippen LogP) is 2.14. The first-order valence-corrected chi connectivity index (χ1v) is 6.52. The van der Waals surface area contributed by atoms with Crippen molar-refractivity contribution in [1.82, 2.24) is 0 Å². The van der Waals surface area contributed by atoms with Crippen molar-refractivity contribution in [2.75, 3.05) is 53.2 Å². The summed E-state index contributed by atoms with van der Waals surface area (Å²) in [6.45, 7) is 11.2. The fraction of sp³-hybridized carbons (Fsp3) is 0.714. The molecule has 0 radical (unpaired) electrons. The molecule has 0 amide bonds. The van der Waals surface area contributed by atoms with E-state index in [4.69, 9.17) is 23.7 Å². The first-order valence-electron chi connectivity index (χ1n) is 6.52. The van der Waals surface area contributed by atoms with Gasteiger partial charge in [0.2, 0.25) is 0 Å². The zero-order chi connectivity index (χ0) is 14.0. The zero-order valence-electron chi connectivity index (χ0n) is 11.7. The van der Waals surface area contributed by atoms with E-state index in [0.717, 1.165) is 12.8 Å². The Morgan fingerprint density at radius 3 is 1.37 bits per heavy atom. The second-order valence-electron chi connectivity index (χ2n) is 3.64. The molecule has 0 unspecified atom stereocenters. The summed E-state index contributed by atoms with van der Waals surface area (Å²) in [5, 5.41) is 0. The van der Waals surface area contributed by atoms with Gasteiger partial charge in [0.05, 0.1) is 39.6 Å². The van der Waals surface area contributed by atoms with Crippen molar-refractivity contribution < 1.29 is 23.7 Å². The molecule has 5 heteroatoms. The van der Waals surface area contributed by atoms with Crippen molar-refractivity contribution in [3.8, 4) is 0 Å². The highest BCUT2D eigenvalue weighted by Crippen LogP contribution is 1.87. The van der Waals surface area contributed by atoms with E-state index in [0.29, 0.717) is 39.6 Å². The fourth-order valence-corrected chi connectivity index (χ4v) is 1.04. The Balaban J connectivity index is 2.91. The summed E-state index contributed by atoms with van der Waals surface area (Å²) < 4.78 is 26.0. The highest BCUT2D eigenvalue weighted by molar-refractivity contribution is 4.64. The van der Waals surface area contributed by atoms with Crippen molar-refractivity contribution in [1.29, 1.82) is 0 Å². The van der Waals surface area contributed by atoms with Crippen molar-refractivity contribution >= 4 is 0 Å². The highest BCUT2D eigenvalue weighted by Gasteiger charge is 1.91. The zero-order valence-corrected chi connectivity index (χ0v) is 11.7. The average Bonchev–Trinajstić information content (AvgIpc) is 2.43. The van der Waals surface area contributed by atoms with Gasteiger partial charge < -0.3 is 23.7 Å². The molecule has 0 atom stereocenters. The topological polar surface area (TPSA) is 46.2 Å². The molecule has 19 heavy (non-hydrogen) atoms. The van der Waals surface area contributed by atoms with Crippen LogP contribution < -0.4 is 0 Å². The maximum Gasteiger partial charge on any atom is 0.149 e. The predicted molar refractivity (Wildman–Crippen MR) is 74.0 cm³/mol. The molecule has 0 heterocycles. The van der Waals surface area contributed by atoms with Crippen LogP contribution in [0.3, 0.4) is 0 Å². The summed E-state index contributed by atoms with van der Waals surface area (Å²) in [6, 6.07) is 0. The molecule has 0 saturated carbocycles. The molecule has 0 fully saturated rings. The lowest BCUT2D eigenvalue weighted by Crippen LogP contribution is -2.11. The molecule has 0 saturated heterocycles. The van der Waals surface area contributed by atoms with Crippen LogP contribution in [-0.2, 0) is 23.7 Å². The van der Waals surface area contributed by atoms with E-state index in [1.165, 1.54) is 0 Å². The van der Waals surface area contributed by atoms with E-state index in [2.05, 4.69) is 13.2 Å². The molecule has 0 bridgehead atoms. The SMILES string of the molecule is C=CCCOCCOCOCOCCOCCC=C. The molecule has 0 aromatic carbocycles. The van der Waals surface area contributed by atoms with Gasteiger partial charge in [0.25, 0.3) is 0 Å². The monoisotopic (exact) mass is 274 g/mol. The third-order valence-corrected chi connectivity index (χ3v) is 2.01. The van der Waals surface area contributed by atoms with Gasteiger partial charge in [-0.25, -0.2) is 0 Å². The molecular weight excluding hydrogens is 248 g/mol. The third-order valence-electron chi connectivity index (χ3n) is 2.01. The van der Waals surface area contributed by atoms with Crippen molar-refractivity contribution in [2.24, 2.45) is 0 Å². The van der Waals surface area contributed by atoms with Crippen molar-refractivity contribution in [2.45, 2.75) is 12.8 Å². The smallest absolute Gasteiger partial charge is 0.149 e. The summed E-state index contributed by atoms with van der Waals surface area (Å²) in [4.78, 5) is 0. The quantitative estimate of drug-likeness (QED) is 0.245. The first-order chi connectivity index (χ1) is 9.41. The summed E-state index contributed by atoms with van der Waals surface area (Å²) >= 11 is 0. The van der Waals surface area contributed by atoms with E-state index in [9.17, 15) is 0 Å². The normalized spacial score (nSPS) is 10.5.